The van der Waals surface area contributed by atoms with Crippen LogP contribution in [0, 0.1) is 52.3 Å². The Morgan fingerprint density at radius 3 is 2.46 bits per heavy atom. The van der Waals surface area contributed by atoms with Gasteiger partial charge < -0.3 is 4.74 Å². The Bertz CT molecular complexity index is 797. The third kappa shape index (κ3) is 5.89. The molecule has 0 heterocycles. The van der Waals surface area contributed by atoms with Gasteiger partial charge in [-0.2, -0.15) is 0 Å². The molecule has 212 valence electrons. The molecule has 37 heavy (non-hydrogen) atoms. The average molecular weight is 513 g/mol. The van der Waals surface area contributed by atoms with Gasteiger partial charge >= 0.3 is 5.97 Å². The van der Waals surface area contributed by atoms with Crippen LogP contribution in [-0.4, -0.2) is 12.1 Å². The zero-order chi connectivity index (χ0) is 26.8. The second-order valence-electron chi connectivity index (χ2n) is 14.8. The first kappa shape index (κ1) is 29.2. The summed E-state index contributed by atoms with van der Waals surface area (Å²) in [4.78, 5) is 12.9. The normalized spacial score (nSPS) is 38.8. The van der Waals surface area contributed by atoms with E-state index in [9.17, 15) is 4.79 Å². The molecule has 0 saturated heterocycles. The summed E-state index contributed by atoms with van der Waals surface area (Å²) in [5.41, 5.74) is 2.53. The molecular weight excluding hydrogens is 452 g/mol. The van der Waals surface area contributed by atoms with Crippen LogP contribution >= 0.6 is 0 Å². The molecule has 1 unspecified atom stereocenters. The number of carbonyl (C=O) groups is 1. The lowest BCUT2D eigenvalue weighted by Crippen LogP contribution is -2.51. The molecule has 0 aromatic heterocycles. The maximum absolute atomic E-state index is 12.9. The van der Waals surface area contributed by atoms with Gasteiger partial charge in [0.2, 0.25) is 0 Å². The average Bonchev–Trinajstić information content (AvgIpc) is 3.21. The van der Waals surface area contributed by atoms with E-state index in [4.69, 9.17) is 4.74 Å². The zero-order valence-electron chi connectivity index (χ0n) is 25.6. The number of esters is 1. The highest BCUT2D eigenvalue weighted by atomic mass is 16.5. The van der Waals surface area contributed by atoms with Crippen molar-refractivity contribution in [3.63, 3.8) is 0 Å². The number of ether oxygens (including phenoxy) is 1. The zero-order valence-corrected chi connectivity index (χ0v) is 25.6. The molecule has 9 atom stereocenters. The Hall–Kier alpha value is -0.790. The van der Waals surface area contributed by atoms with Crippen LogP contribution in [0.25, 0.3) is 0 Å². The van der Waals surface area contributed by atoms with E-state index in [0.29, 0.717) is 10.8 Å². The first-order valence-corrected chi connectivity index (χ1v) is 16.5. The highest BCUT2D eigenvalue weighted by Crippen LogP contribution is 2.67. The van der Waals surface area contributed by atoms with Crippen molar-refractivity contribution in [1.82, 2.24) is 0 Å². The molecule has 0 radical (unpaired) electrons. The highest BCUT2D eigenvalue weighted by Gasteiger charge is 2.59. The first-order chi connectivity index (χ1) is 17.6. The van der Waals surface area contributed by atoms with Crippen molar-refractivity contribution < 1.29 is 9.53 Å². The van der Waals surface area contributed by atoms with Gasteiger partial charge in [0.05, 0.1) is 5.92 Å². The van der Waals surface area contributed by atoms with Gasteiger partial charge in [-0.25, -0.2) is 0 Å². The lowest BCUT2D eigenvalue weighted by atomic mass is 9.47. The highest BCUT2D eigenvalue weighted by molar-refractivity contribution is 5.72. The summed E-state index contributed by atoms with van der Waals surface area (Å²) >= 11 is 0. The Labute approximate surface area is 230 Å². The maximum atomic E-state index is 12.9. The molecule has 0 spiro atoms. The van der Waals surface area contributed by atoms with Gasteiger partial charge in [-0.1, -0.05) is 92.2 Å². The van der Waals surface area contributed by atoms with Crippen LogP contribution in [0.5, 0.6) is 0 Å². The van der Waals surface area contributed by atoms with Gasteiger partial charge in [-0.05, 0) is 104 Å². The summed E-state index contributed by atoms with van der Waals surface area (Å²) in [6.07, 6.45) is 21.5. The first-order valence-electron chi connectivity index (χ1n) is 16.5. The molecular formula is C35H60O2. The summed E-state index contributed by atoms with van der Waals surface area (Å²) in [5.74, 6) is 5.44. The summed E-state index contributed by atoms with van der Waals surface area (Å²) in [6, 6.07) is 0. The SMILES string of the molecule is CCCCC(CC)C(=O)O[C@H]1CC[C@@]2(C)C(=CC[C@H]3[C@@H]4CC[C@H]([C@H](C)CCCC(C)C)[C@@]4(C)CC[C@@H]32)C1. The fraction of sp³-hybridized carbons (Fsp3) is 0.914. The van der Waals surface area contributed by atoms with Crippen LogP contribution < -0.4 is 0 Å². The van der Waals surface area contributed by atoms with E-state index in [1.807, 2.05) is 0 Å². The van der Waals surface area contributed by atoms with Crippen molar-refractivity contribution in [3.05, 3.63) is 11.6 Å². The molecule has 3 saturated carbocycles. The molecule has 3 fully saturated rings. The van der Waals surface area contributed by atoms with Crippen molar-refractivity contribution in [2.24, 2.45) is 52.3 Å². The molecule has 4 aliphatic rings. The van der Waals surface area contributed by atoms with Gasteiger partial charge in [0.1, 0.15) is 6.10 Å². The molecule has 0 aromatic rings. The van der Waals surface area contributed by atoms with E-state index in [0.717, 1.165) is 74.0 Å². The second-order valence-corrected chi connectivity index (χ2v) is 14.8. The van der Waals surface area contributed by atoms with Gasteiger partial charge in [0.25, 0.3) is 0 Å². The maximum Gasteiger partial charge on any atom is 0.309 e. The van der Waals surface area contributed by atoms with Gasteiger partial charge in [-0.3, -0.25) is 4.79 Å². The smallest absolute Gasteiger partial charge is 0.309 e. The minimum absolute atomic E-state index is 0.0757. The number of fused-ring (bicyclic) bond motifs is 5. The van der Waals surface area contributed by atoms with E-state index in [2.05, 4.69) is 54.5 Å². The number of allylic oxidation sites excluding steroid dienone is 1. The van der Waals surface area contributed by atoms with Crippen molar-refractivity contribution >= 4 is 5.97 Å². The van der Waals surface area contributed by atoms with Crippen molar-refractivity contribution in [1.29, 1.82) is 0 Å². The fourth-order valence-corrected chi connectivity index (χ4v) is 9.95. The van der Waals surface area contributed by atoms with Crippen LogP contribution in [0.4, 0.5) is 0 Å². The van der Waals surface area contributed by atoms with Crippen LogP contribution in [0.1, 0.15) is 145 Å². The number of hydrogen-bond donors (Lipinski definition) is 0. The van der Waals surface area contributed by atoms with Crippen molar-refractivity contribution in [3.8, 4) is 0 Å². The Morgan fingerprint density at radius 2 is 1.76 bits per heavy atom. The monoisotopic (exact) mass is 512 g/mol. The topological polar surface area (TPSA) is 26.3 Å². The van der Waals surface area contributed by atoms with E-state index in [1.54, 1.807) is 5.57 Å². The van der Waals surface area contributed by atoms with E-state index in [-0.39, 0.29) is 18.0 Å². The van der Waals surface area contributed by atoms with Crippen LogP contribution in [0.2, 0.25) is 0 Å². The van der Waals surface area contributed by atoms with Crippen LogP contribution in [0.15, 0.2) is 11.6 Å². The number of hydrogen-bond acceptors (Lipinski definition) is 2. The number of unbranched alkanes of at least 4 members (excludes halogenated alkanes) is 1. The molecule has 0 amide bonds. The molecule has 0 N–H and O–H groups in total. The Kier molecular flexibility index (Phi) is 9.60. The molecule has 0 aromatic carbocycles. The van der Waals surface area contributed by atoms with Gasteiger partial charge in [0.15, 0.2) is 0 Å². The minimum Gasteiger partial charge on any atom is -0.462 e. The number of carbonyl (C=O) groups excluding carboxylic acids is 1. The van der Waals surface area contributed by atoms with Crippen molar-refractivity contribution in [2.75, 3.05) is 0 Å². The third-order valence-electron chi connectivity index (χ3n) is 12.3. The lowest BCUT2D eigenvalue weighted by Gasteiger charge is -2.58. The predicted molar refractivity (Wildman–Crippen MR) is 156 cm³/mol. The van der Waals surface area contributed by atoms with E-state index in [1.165, 1.54) is 57.8 Å². The molecule has 2 nitrogen and oxygen atoms in total. The predicted octanol–water partition coefficient (Wildman–Crippen LogP) is 10.2. The molecule has 0 aliphatic heterocycles. The fourth-order valence-electron chi connectivity index (χ4n) is 9.95. The minimum atomic E-state index is 0.0757. The summed E-state index contributed by atoms with van der Waals surface area (Å²) < 4.78 is 6.16. The Balaban J connectivity index is 1.40. The quantitative estimate of drug-likeness (QED) is 0.203. The largest absolute Gasteiger partial charge is 0.462 e. The molecule has 2 heteroatoms. The molecule has 4 rings (SSSR count). The summed E-state index contributed by atoms with van der Waals surface area (Å²) in [6.45, 7) is 17.0. The molecule has 0 bridgehead atoms. The van der Waals surface area contributed by atoms with Crippen LogP contribution in [-0.2, 0) is 9.53 Å². The standard InChI is InChI=1S/C35H60O2/c1-8-10-14-26(9-2)33(36)37-28-19-21-34(6)27(23-28)15-16-29-31-18-17-30(25(5)13-11-12-24(3)4)35(31,7)22-20-32(29)34/h15,24-26,28-32H,8-14,16-23H2,1-7H3/t25-,26?,28+,29+,30-,31+,32+,34+,35-/m1/s1. The van der Waals surface area contributed by atoms with E-state index < -0.39 is 0 Å². The summed E-state index contributed by atoms with van der Waals surface area (Å²) in [5, 5.41) is 0. The third-order valence-corrected chi connectivity index (χ3v) is 12.3. The summed E-state index contributed by atoms with van der Waals surface area (Å²) in [7, 11) is 0. The van der Waals surface area contributed by atoms with Gasteiger partial charge in [0, 0.05) is 6.42 Å². The number of rotatable bonds is 11. The molecule has 4 aliphatic carbocycles. The van der Waals surface area contributed by atoms with Gasteiger partial charge in [-0.15, -0.1) is 0 Å². The second kappa shape index (κ2) is 12.2. The Morgan fingerprint density at radius 1 is 0.973 bits per heavy atom. The lowest BCUT2D eigenvalue weighted by molar-refractivity contribution is -0.157. The van der Waals surface area contributed by atoms with E-state index >= 15 is 0 Å². The van der Waals surface area contributed by atoms with Crippen molar-refractivity contribution in [2.45, 2.75) is 151 Å². The van der Waals surface area contributed by atoms with Crippen LogP contribution in [0.3, 0.4) is 0 Å².